The van der Waals surface area contributed by atoms with Gasteiger partial charge in [-0.15, -0.1) is 0 Å². The van der Waals surface area contributed by atoms with Gasteiger partial charge in [0, 0.05) is 39.5 Å². The highest BCUT2D eigenvalue weighted by molar-refractivity contribution is 5.85. The molecule has 0 aromatic heterocycles. The molecule has 1 saturated carbocycles. The molecule has 118 valence electrons. The van der Waals surface area contributed by atoms with E-state index in [1.807, 2.05) is 0 Å². The molecular formula is C15H24N2O4. The number of aliphatic carboxylic acids is 1. The Kier molecular flexibility index (Phi) is 4.85. The lowest BCUT2D eigenvalue weighted by atomic mass is 9.71. The first kappa shape index (κ1) is 15.8. The molecule has 1 aliphatic heterocycles. The Morgan fingerprint density at radius 1 is 0.952 bits per heavy atom. The van der Waals surface area contributed by atoms with E-state index in [1.54, 1.807) is 9.80 Å². The highest BCUT2D eigenvalue weighted by atomic mass is 16.4. The number of piperazine rings is 1. The topological polar surface area (TPSA) is 77.9 Å². The predicted octanol–water partition coefficient (Wildman–Crippen LogP) is 1.10. The van der Waals surface area contributed by atoms with Crippen molar-refractivity contribution in [1.82, 2.24) is 9.80 Å². The van der Waals surface area contributed by atoms with E-state index in [4.69, 9.17) is 0 Å². The minimum absolute atomic E-state index is 0.0244. The number of carbonyl (C=O) groups is 3. The summed E-state index contributed by atoms with van der Waals surface area (Å²) >= 11 is 0. The smallest absolute Gasteiger partial charge is 0.310 e. The van der Waals surface area contributed by atoms with Crippen LogP contribution in [0, 0.1) is 5.41 Å². The van der Waals surface area contributed by atoms with Crippen LogP contribution in [-0.4, -0.2) is 58.9 Å². The Bertz CT molecular complexity index is 421. The van der Waals surface area contributed by atoms with Crippen LogP contribution in [0.2, 0.25) is 0 Å². The summed E-state index contributed by atoms with van der Waals surface area (Å²) in [6.07, 6.45) is 4.13. The van der Waals surface area contributed by atoms with E-state index in [0.29, 0.717) is 39.0 Å². The van der Waals surface area contributed by atoms with Crippen molar-refractivity contribution < 1.29 is 19.5 Å². The first-order valence-corrected chi connectivity index (χ1v) is 7.71. The minimum Gasteiger partial charge on any atom is -0.481 e. The third-order valence-corrected chi connectivity index (χ3v) is 4.83. The maximum atomic E-state index is 12.4. The molecule has 1 heterocycles. The highest BCUT2D eigenvalue weighted by Crippen LogP contribution is 2.40. The Balaban J connectivity index is 1.94. The van der Waals surface area contributed by atoms with Crippen LogP contribution < -0.4 is 0 Å². The van der Waals surface area contributed by atoms with Crippen LogP contribution in [-0.2, 0) is 14.4 Å². The summed E-state index contributed by atoms with van der Waals surface area (Å²) in [7, 11) is 0. The molecule has 2 fully saturated rings. The van der Waals surface area contributed by atoms with Gasteiger partial charge in [0.2, 0.25) is 11.8 Å². The van der Waals surface area contributed by atoms with E-state index < -0.39 is 11.4 Å². The number of hydrogen-bond donors (Lipinski definition) is 1. The molecule has 6 heteroatoms. The molecule has 0 unspecified atom stereocenters. The quantitative estimate of drug-likeness (QED) is 0.846. The molecule has 0 spiro atoms. The molecule has 1 N–H and O–H groups in total. The molecule has 0 radical (unpaired) electrons. The van der Waals surface area contributed by atoms with E-state index in [2.05, 4.69) is 0 Å². The van der Waals surface area contributed by atoms with Crippen molar-refractivity contribution in [2.24, 2.45) is 5.41 Å². The zero-order valence-electron chi connectivity index (χ0n) is 12.6. The van der Waals surface area contributed by atoms with Gasteiger partial charge in [0.25, 0.3) is 0 Å². The lowest BCUT2D eigenvalue weighted by Gasteiger charge is -2.38. The second-order valence-electron chi connectivity index (χ2n) is 6.21. The van der Waals surface area contributed by atoms with Crippen LogP contribution in [0.1, 0.15) is 45.4 Å². The molecular weight excluding hydrogens is 272 g/mol. The largest absolute Gasteiger partial charge is 0.481 e. The fourth-order valence-electron chi connectivity index (χ4n) is 3.37. The van der Waals surface area contributed by atoms with Gasteiger partial charge in [-0.05, 0) is 12.8 Å². The third kappa shape index (κ3) is 3.54. The van der Waals surface area contributed by atoms with Crippen molar-refractivity contribution in [3.05, 3.63) is 0 Å². The molecule has 21 heavy (non-hydrogen) atoms. The van der Waals surface area contributed by atoms with Crippen LogP contribution in [0.15, 0.2) is 0 Å². The number of carboxylic acids is 1. The van der Waals surface area contributed by atoms with Crippen molar-refractivity contribution in [2.75, 3.05) is 26.2 Å². The van der Waals surface area contributed by atoms with Crippen molar-refractivity contribution in [2.45, 2.75) is 45.4 Å². The first-order chi connectivity index (χ1) is 9.94. The van der Waals surface area contributed by atoms with Gasteiger partial charge in [-0.3, -0.25) is 14.4 Å². The second-order valence-corrected chi connectivity index (χ2v) is 6.21. The molecule has 2 amide bonds. The van der Waals surface area contributed by atoms with Gasteiger partial charge in [-0.2, -0.15) is 0 Å². The highest BCUT2D eigenvalue weighted by Gasteiger charge is 2.42. The Hall–Kier alpha value is -1.59. The lowest BCUT2D eigenvalue weighted by Crippen LogP contribution is -2.51. The first-order valence-electron chi connectivity index (χ1n) is 7.71. The van der Waals surface area contributed by atoms with Crippen LogP contribution in [0.4, 0.5) is 0 Å². The fourth-order valence-corrected chi connectivity index (χ4v) is 3.37. The number of hydrogen-bond acceptors (Lipinski definition) is 3. The molecule has 0 aromatic rings. The van der Waals surface area contributed by atoms with E-state index in [-0.39, 0.29) is 18.2 Å². The summed E-state index contributed by atoms with van der Waals surface area (Å²) in [6, 6.07) is 0. The number of carbonyl (C=O) groups excluding carboxylic acids is 2. The number of amides is 2. The summed E-state index contributed by atoms with van der Waals surface area (Å²) in [5.41, 5.74) is -0.868. The Labute approximate surface area is 125 Å². The van der Waals surface area contributed by atoms with Gasteiger partial charge < -0.3 is 14.9 Å². The van der Waals surface area contributed by atoms with Crippen LogP contribution in [0.3, 0.4) is 0 Å². The summed E-state index contributed by atoms with van der Waals surface area (Å²) in [6.45, 7) is 3.63. The summed E-state index contributed by atoms with van der Waals surface area (Å²) in [5.74, 6) is -0.892. The molecule has 1 saturated heterocycles. The number of nitrogens with zero attached hydrogens (tertiary/aromatic N) is 2. The Morgan fingerprint density at radius 2 is 1.48 bits per heavy atom. The van der Waals surface area contributed by atoms with E-state index in [0.717, 1.165) is 19.3 Å². The van der Waals surface area contributed by atoms with Crippen molar-refractivity contribution >= 4 is 17.8 Å². The van der Waals surface area contributed by atoms with Crippen LogP contribution in [0.5, 0.6) is 0 Å². The number of carboxylic acid groups (broad SMARTS) is 1. The van der Waals surface area contributed by atoms with Gasteiger partial charge in [0.1, 0.15) is 0 Å². The maximum Gasteiger partial charge on any atom is 0.310 e. The van der Waals surface area contributed by atoms with Gasteiger partial charge in [-0.25, -0.2) is 0 Å². The van der Waals surface area contributed by atoms with Crippen molar-refractivity contribution in [1.29, 1.82) is 0 Å². The van der Waals surface area contributed by atoms with Gasteiger partial charge in [0.15, 0.2) is 0 Å². The zero-order chi connectivity index (χ0) is 15.5. The molecule has 1 aliphatic carbocycles. The van der Waals surface area contributed by atoms with E-state index >= 15 is 0 Å². The molecule has 0 aromatic carbocycles. The maximum absolute atomic E-state index is 12.4. The van der Waals surface area contributed by atoms with Crippen molar-refractivity contribution in [3.63, 3.8) is 0 Å². The summed E-state index contributed by atoms with van der Waals surface area (Å²) in [5, 5.41) is 9.53. The monoisotopic (exact) mass is 296 g/mol. The van der Waals surface area contributed by atoms with Crippen LogP contribution >= 0.6 is 0 Å². The van der Waals surface area contributed by atoms with E-state index in [1.165, 1.54) is 6.92 Å². The zero-order valence-corrected chi connectivity index (χ0v) is 12.6. The standard InChI is InChI=1S/C15H24N2O4/c1-12(18)16-7-9-17(10-8-16)13(19)11-15(14(20)21)5-3-2-4-6-15/h2-11H2,1H3,(H,20,21). The molecule has 0 atom stereocenters. The van der Waals surface area contributed by atoms with Gasteiger partial charge in [0.05, 0.1) is 5.41 Å². The van der Waals surface area contributed by atoms with Gasteiger partial charge >= 0.3 is 5.97 Å². The Morgan fingerprint density at radius 3 is 1.95 bits per heavy atom. The molecule has 2 aliphatic rings. The second kappa shape index (κ2) is 6.45. The SMILES string of the molecule is CC(=O)N1CCN(C(=O)CC2(C(=O)O)CCCCC2)CC1. The third-order valence-electron chi connectivity index (χ3n) is 4.83. The molecule has 2 rings (SSSR count). The number of rotatable bonds is 3. The van der Waals surface area contributed by atoms with Crippen molar-refractivity contribution in [3.8, 4) is 0 Å². The average Bonchev–Trinajstić information content (AvgIpc) is 2.48. The van der Waals surface area contributed by atoms with Crippen LogP contribution in [0.25, 0.3) is 0 Å². The summed E-state index contributed by atoms with van der Waals surface area (Å²) < 4.78 is 0. The summed E-state index contributed by atoms with van der Waals surface area (Å²) in [4.78, 5) is 38.7. The average molecular weight is 296 g/mol. The molecule has 0 bridgehead atoms. The van der Waals surface area contributed by atoms with E-state index in [9.17, 15) is 19.5 Å². The normalized spacial score (nSPS) is 22.0. The molecule has 6 nitrogen and oxygen atoms in total. The minimum atomic E-state index is -0.868. The van der Waals surface area contributed by atoms with Gasteiger partial charge in [-0.1, -0.05) is 19.3 Å². The predicted molar refractivity (Wildman–Crippen MR) is 76.6 cm³/mol. The fraction of sp³-hybridized carbons (Fsp3) is 0.800. The lowest BCUT2D eigenvalue weighted by molar-refractivity contribution is -0.156.